The first-order valence-electron chi connectivity index (χ1n) is 7.03. The maximum absolute atomic E-state index is 12.3. The number of aromatic nitrogens is 1. The van der Waals surface area contributed by atoms with Crippen molar-refractivity contribution < 1.29 is 9.53 Å². The fraction of sp³-hybridized carbons (Fsp3) is 0.333. The van der Waals surface area contributed by atoms with Crippen molar-refractivity contribution in [3.05, 3.63) is 36.0 Å². The highest BCUT2D eigenvalue weighted by Gasteiger charge is 2.18. The quantitative estimate of drug-likeness (QED) is 0.586. The number of nitrogen functional groups attached to an aromatic ring is 1. The molecule has 4 N–H and O–H groups in total. The number of hydrogen-bond acceptors (Lipinski definition) is 5. The van der Waals surface area contributed by atoms with Crippen LogP contribution in [0.5, 0.6) is 0 Å². The molecule has 2 aromatic rings. The minimum atomic E-state index is -0.177. The van der Waals surface area contributed by atoms with E-state index >= 15 is 0 Å². The summed E-state index contributed by atoms with van der Waals surface area (Å²) in [5.41, 5.74) is 4.43. The minimum Gasteiger partial charge on any atom is -0.381 e. The van der Waals surface area contributed by atoms with E-state index in [9.17, 15) is 4.79 Å². The second-order valence-corrected chi connectivity index (χ2v) is 5.08. The van der Waals surface area contributed by atoms with Crippen molar-refractivity contribution >= 4 is 22.5 Å². The van der Waals surface area contributed by atoms with Crippen LogP contribution in [0.1, 0.15) is 23.3 Å². The van der Waals surface area contributed by atoms with E-state index in [4.69, 9.17) is 10.6 Å². The first-order chi connectivity index (χ1) is 10.3. The van der Waals surface area contributed by atoms with Gasteiger partial charge in [-0.15, -0.1) is 0 Å². The van der Waals surface area contributed by atoms with Crippen LogP contribution in [-0.4, -0.2) is 30.1 Å². The first kappa shape index (κ1) is 13.8. The van der Waals surface area contributed by atoms with E-state index in [-0.39, 0.29) is 11.9 Å². The van der Waals surface area contributed by atoms with Crippen LogP contribution in [0.2, 0.25) is 0 Å². The molecule has 2 heterocycles. The SMILES string of the molecule is NNc1cc(C(=O)NC2CCOCC2)nc2ccccc12. The molecule has 0 atom stereocenters. The molecule has 0 unspecified atom stereocenters. The molecule has 1 aromatic heterocycles. The predicted molar refractivity (Wildman–Crippen MR) is 80.9 cm³/mol. The van der Waals surface area contributed by atoms with Gasteiger partial charge in [0.2, 0.25) is 0 Å². The summed E-state index contributed by atoms with van der Waals surface area (Å²) in [5.74, 6) is 5.37. The van der Waals surface area contributed by atoms with Crippen LogP contribution in [0.4, 0.5) is 5.69 Å². The molecule has 1 aromatic carbocycles. The second-order valence-electron chi connectivity index (χ2n) is 5.08. The molecule has 0 aliphatic carbocycles. The van der Waals surface area contributed by atoms with Gasteiger partial charge in [-0.2, -0.15) is 0 Å². The number of nitrogens with zero attached hydrogens (tertiary/aromatic N) is 1. The maximum Gasteiger partial charge on any atom is 0.270 e. The fourth-order valence-corrected chi connectivity index (χ4v) is 2.51. The molecule has 110 valence electrons. The number of fused-ring (bicyclic) bond motifs is 1. The van der Waals surface area contributed by atoms with Crippen molar-refractivity contribution in [3.8, 4) is 0 Å². The van der Waals surface area contributed by atoms with Gasteiger partial charge in [0.25, 0.3) is 5.91 Å². The van der Waals surface area contributed by atoms with Gasteiger partial charge in [-0.05, 0) is 25.0 Å². The van der Waals surface area contributed by atoms with Gasteiger partial charge in [-0.1, -0.05) is 18.2 Å². The van der Waals surface area contributed by atoms with E-state index in [1.54, 1.807) is 6.07 Å². The molecule has 1 saturated heterocycles. The number of pyridine rings is 1. The molecule has 0 bridgehead atoms. The highest BCUT2D eigenvalue weighted by molar-refractivity contribution is 5.99. The van der Waals surface area contributed by atoms with E-state index in [1.807, 2.05) is 24.3 Å². The van der Waals surface area contributed by atoms with Gasteiger partial charge in [0, 0.05) is 24.6 Å². The Morgan fingerprint density at radius 1 is 1.29 bits per heavy atom. The summed E-state index contributed by atoms with van der Waals surface area (Å²) in [7, 11) is 0. The van der Waals surface area contributed by atoms with Crippen LogP contribution in [0.25, 0.3) is 10.9 Å². The highest BCUT2D eigenvalue weighted by atomic mass is 16.5. The number of hydrogen-bond donors (Lipinski definition) is 3. The number of rotatable bonds is 3. The second kappa shape index (κ2) is 6.07. The summed E-state index contributed by atoms with van der Waals surface area (Å²) in [4.78, 5) is 16.8. The smallest absolute Gasteiger partial charge is 0.270 e. The topological polar surface area (TPSA) is 89.3 Å². The lowest BCUT2D eigenvalue weighted by Crippen LogP contribution is -2.39. The minimum absolute atomic E-state index is 0.147. The van der Waals surface area contributed by atoms with Gasteiger partial charge in [-0.3, -0.25) is 10.6 Å². The van der Waals surface area contributed by atoms with Crippen molar-refractivity contribution in [2.45, 2.75) is 18.9 Å². The Labute approximate surface area is 122 Å². The Bertz CT molecular complexity index is 653. The number of hydrazine groups is 1. The van der Waals surface area contributed by atoms with Crippen LogP contribution in [0, 0.1) is 0 Å². The van der Waals surface area contributed by atoms with Crippen molar-refractivity contribution in [2.75, 3.05) is 18.6 Å². The number of carbonyl (C=O) groups excluding carboxylic acids is 1. The zero-order chi connectivity index (χ0) is 14.7. The summed E-state index contributed by atoms with van der Waals surface area (Å²) in [6.07, 6.45) is 1.67. The summed E-state index contributed by atoms with van der Waals surface area (Å²) < 4.78 is 5.29. The zero-order valence-electron chi connectivity index (χ0n) is 11.6. The third-order valence-corrected chi connectivity index (χ3v) is 3.66. The number of nitrogens with two attached hydrogens (primary N) is 1. The molecule has 1 aliphatic rings. The molecular weight excluding hydrogens is 268 g/mol. The standard InChI is InChI=1S/C15H18N4O2/c16-19-13-9-14(18-12-4-2-1-3-11(12)13)15(20)17-10-5-7-21-8-6-10/h1-4,9-10H,5-8,16H2,(H,17,20)(H,18,19). The van der Waals surface area contributed by atoms with Crippen LogP contribution in [-0.2, 0) is 4.74 Å². The Balaban J connectivity index is 1.87. The molecule has 1 aliphatic heterocycles. The molecular formula is C15H18N4O2. The largest absolute Gasteiger partial charge is 0.381 e. The van der Waals surface area contributed by atoms with E-state index < -0.39 is 0 Å². The lowest BCUT2D eigenvalue weighted by atomic mass is 10.1. The lowest BCUT2D eigenvalue weighted by molar-refractivity contribution is 0.0694. The third-order valence-electron chi connectivity index (χ3n) is 3.66. The number of amides is 1. The summed E-state index contributed by atoms with van der Waals surface area (Å²) in [6.45, 7) is 1.37. The molecule has 21 heavy (non-hydrogen) atoms. The first-order valence-corrected chi connectivity index (χ1v) is 7.03. The molecule has 3 rings (SSSR count). The number of nitrogens with one attached hydrogen (secondary N) is 2. The van der Waals surface area contributed by atoms with Crippen LogP contribution < -0.4 is 16.6 Å². The van der Waals surface area contributed by atoms with Crippen molar-refractivity contribution in [2.24, 2.45) is 5.84 Å². The Kier molecular flexibility index (Phi) is 3.98. The molecule has 6 heteroatoms. The van der Waals surface area contributed by atoms with Gasteiger partial charge in [0.1, 0.15) is 5.69 Å². The summed E-state index contributed by atoms with van der Waals surface area (Å²) in [5, 5.41) is 3.89. The van der Waals surface area contributed by atoms with E-state index in [1.165, 1.54) is 0 Å². The van der Waals surface area contributed by atoms with Crippen molar-refractivity contribution in [1.82, 2.24) is 10.3 Å². The van der Waals surface area contributed by atoms with Gasteiger partial charge in [0.05, 0.1) is 11.2 Å². The van der Waals surface area contributed by atoms with Crippen LogP contribution >= 0.6 is 0 Å². The monoisotopic (exact) mass is 286 g/mol. The highest BCUT2D eigenvalue weighted by Crippen LogP contribution is 2.22. The number of ether oxygens (including phenoxy) is 1. The zero-order valence-corrected chi connectivity index (χ0v) is 11.6. The molecule has 0 saturated carbocycles. The number of para-hydroxylation sites is 1. The lowest BCUT2D eigenvalue weighted by Gasteiger charge is -2.23. The van der Waals surface area contributed by atoms with Gasteiger partial charge in [-0.25, -0.2) is 4.98 Å². The maximum atomic E-state index is 12.3. The third kappa shape index (κ3) is 2.96. The molecule has 0 radical (unpaired) electrons. The predicted octanol–water partition coefficient (Wildman–Crippen LogP) is 1.43. The molecule has 1 amide bonds. The molecule has 6 nitrogen and oxygen atoms in total. The van der Waals surface area contributed by atoms with E-state index in [0.717, 1.165) is 23.7 Å². The Morgan fingerprint density at radius 3 is 2.81 bits per heavy atom. The average Bonchev–Trinajstić information content (AvgIpc) is 2.54. The summed E-state index contributed by atoms with van der Waals surface area (Å²) in [6, 6.07) is 9.40. The van der Waals surface area contributed by atoms with E-state index in [0.29, 0.717) is 24.6 Å². The van der Waals surface area contributed by atoms with Gasteiger partial charge >= 0.3 is 0 Å². The average molecular weight is 286 g/mol. The van der Waals surface area contributed by atoms with Gasteiger partial charge < -0.3 is 15.5 Å². The van der Waals surface area contributed by atoms with Crippen LogP contribution in [0.3, 0.4) is 0 Å². The van der Waals surface area contributed by atoms with Crippen molar-refractivity contribution in [3.63, 3.8) is 0 Å². The number of carbonyl (C=O) groups is 1. The molecule has 0 spiro atoms. The van der Waals surface area contributed by atoms with Crippen LogP contribution in [0.15, 0.2) is 30.3 Å². The molecule has 1 fully saturated rings. The Hall–Kier alpha value is -2.18. The Morgan fingerprint density at radius 2 is 2.05 bits per heavy atom. The van der Waals surface area contributed by atoms with Crippen molar-refractivity contribution in [1.29, 1.82) is 0 Å². The number of benzene rings is 1. The normalized spacial score (nSPS) is 15.9. The fourth-order valence-electron chi connectivity index (χ4n) is 2.51. The van der Waals surface area contributed by atoms with Gasteiger partial charge in [0.15, 0.2) is 0 Å². The summed E-state index contributed by atoms with van der Waals surface area (Å²) >= 11 is 0. The van der Waals surface area contributed by atoms with E-state index in [2.05, 4.69) is 15.7 Å². The number of anilines is 1.